The third-order valence-electron chi connectivity index (χ3n) is 7.30. The number of hydrogen-bond donors (Lipinski definition) is 1. The number of fused-ring (bicyclic) bond motifs is 1. The van der Waals surface area contributed by atoms with Gasteiger partial charge in [-0.05, 0) is 73.0 Å². The number of nitrogens with one attached hydrogen (secondary N) is 1. The minimum atomic E-state index is -0.201. The number of para-hydroxylation sites is 1. The molecule has 0 radical (unpaired) electrons. The van der Waals surface area contributed by atoms with Crippen molar-refractivity contribution in [3.63, 3.8) is 0 Å². The van der Waals surface area contributed by atoms with Crippen molar-refractivity contribution in [1.29, 1.82) is 0 Å². The van der Waals surface area contributed by atoms with Gasteiger partial charge in [0.25, 0.3) is 5.56 Å². The molecule has 7 nitrogen and oxygen atoms in total. The first-order valence-electron chi connectivity index (χ1n) is 13.0. The average molecular weight is 487 g/mol. The van der Waals surface area contributed by atoms with Crippen molar-refractivity contribution in [2.24, 2.45) is 0 Å². The molecule has 2 heterocycles. The minimum Gasteiger partial charge on any atom is -0.321 e. The molecule has 7 heteroatoms. The number of benzene rings is 2. The maximum atomic E-state index is 13.2. The van der Waals surface area contributed by atoms with Gasteiger partial charge in [-0.3, -0.25) is 9.69 Å². The normalized spacial score (nSPS) is 12.9. The van der Waals surface area contributed by atoms with E-state index >= 15 is 0 Å². The summed E-state index contributed by atoms with van der Waals surface area (Å²) >= 11 is 0. The van der Waals surface area contributed by atoms with E-state index in [0.717, 1.165) is 60.1 Å². The fourth-order valence-corrected chi connectivity index (χ4v) is 4.76. The van der Waals surface area contributed by atoms with E-state index in [1.807, 2.05) is 35.9 Å². The molecule has 0 amide bonds. The summed E-state index contributed by atoms with van der Waals surface area (Å²) in [6, 6.07) is 18.7. The van der Waals surface area contributed by atoms with E-state index in [1.54, 1.807) is 0 Å². The van der Waals surface area contributed by atoms with Gasteiger partial charge < -0.3 is 4.98 Å². The van der Waals surface area contributed by atoms with Gasteiger partial charge in [-0.15, -0.1) is 5.10 Å². The van der Waals surface area contributed by atoms with Gasteiger partial charge in [0, 0.05) is 18.7 Å². The molecule has 0 aliphatic heterocycles. The van der Waals surface area contributed by atoms with E-state index in [2.05, 4.69) is 83.4 Å². The van der Waals surface area contributed by atoms with E-state index in [0.29, 0.717) is 6.54 Å². The summed E-state index contributed by atoms with van der Waals surface area (Å²) in [7, 11) is 0. The number of tetrazole rings is 1. The second-order valence-electron chi connectivity index (χ2n) is 10.3. The molecule has 0 spiro atoms. The molecular formula is C29H38N6O. The quantitative estimate of drug-likeness (QED) is 0.300. The number of nitrogens with zero attached hydrogens (tertiary/aromatic N) is 5. The highest BCUT2D eigenvalue weighted by atomic mass is 16.1. The molecule has 0 aliphatic carbocycles. The Morgan fingerprint density at radius 1 is 1.08 bits per heavy atom. The molecule has 1 N–H and O–H groups in total. The SMILES string of the molecule is CCC[C@@H](c1nnnn1C(C)(C)CC)N(CCc1ccccc1)Cc1cc2cccc(C)c2[nH]c1=O. The number of H-pyrrole nitrogens is 1. The molecule has 0 saturated heterocycles. The van der Waals surface area contributed by atoms with Crippen LogP contribution in [0.3, 0.4) is 0 Å². The standard InChI is InChI=1S/C29H38N6O/c1-6-12-25(27-31-32-33-35(27)29(4,5)7-2)34(18-17-22-14-9-8-10-15-22)20-24-19-23-16-11-13-21(3)26(23)30-28(24)36/h8-11,13-16,19,25H,6-7,12,17-18,20H2,1-5H3,(H,30,36)/t25-/m0/s1. The summed E-state index contributed by atoms with van der Waals surface area (Å²) in [4.78, 5) is 18.7. The first-order valence-corrected chi connectivity index (χ1v) is 13.0. The lowest BCUT2D eigenvalue weighted by atomic mass is 10.00. The Labute approximate surface area is 213 Å². The molecular weight excluding hydrogens is 448 g/mol. The summed E-state index contributed by atoms with van der Waals surface area (Å²) in [6.45, 7) is 12.0. The van der Waals surface area contributed by atoms with Crippen molar-refractivity contribution in [1.82, 2.24) is 30.1 Å². The summed E-state index contributed by atoms with van der Waals surface area (Å²) in [5.74, 6) is 0.866. The molecule has 0 unspecified atom stereocenters. The van der Waals surface area contributed by atoms with Gasteiger partial charge in [-0.25, -0.2) is 4.68 Å². The molecule has 0 aliphatic rings. The van der Waals surface area contributed by atoms with Gasteiger partial charge in [0.2, 0.25) is 0 Å². The van der Waals surface area contributed by atoms with Crippen molar-refractivity contribution in [3.8, 4) is 0 Å². The Bertz CT molecular complexity index is 1340. The van der Waals surface area contributed by atoms with Gasteiger partial charge in [0.1, 0.15) is 0 Å². The second kappa shape index (κ2) is 11.2. The van der Waals surface area contributed by atoms with Crippen LogP contribution in [0.5, 0.6) is 0 Å². The molecule has 1 atom stereocenters. The zero-order valence-corrected chi connectivity index (χ0v) is 22.2. The highest BCUT2D eigenvalue weighted by molar-refractivity contribution is 5.81. The summed E-state index contributed by atoms with van der Waals surface area (Å²) in [5, 5.41) is 14.1. The summed E-state index contributed by atoms with van der Waals surface area (Å²) in [6.07, 6.45) is 3.68. The summed E-state index contributed by atoms with van der Waals surface area (Å²) < 4.78 is 1.98. The molecule has 36 heavy (non-hydrogen) atoms. The van der Waals surface area contributed by atoms with Crippen molar-refractivity contribution in [3.05, 3.63) is 87.5 Å². The van der Waals surface area contributed by atoms with Crippen LogP contribution in [0.15, 0.2) is 59.4 Å². The zero-order chi connectivity index (χ0) is 25.7. The van der Waals surface area contributed by atoms with E-state index in [9.17, 15) is 4.79 Å². The molecule has 190 valence electrons. The minimum absolute atomic E-state index is 0.00727. The lowest BCUT2D eigenvalue weighted by Gasteiger charge is -2.33. The number of rotatable bonds is 11. The maximum Gasteiger partial charge on any atom is 0.252 e. The molecule has 0 bridgehead atoms. The van der Waals surface area contributed by atoms with Crippen LogP contribution in [0.25, 0.3) is 10.9 Å². The van der Waals surface area contributed by atoms with E-state index in [-0.39, 0.29) is 17.1 Å². The molecule has 0 saturated carbocycles. The lowest BCUT2D eigenvalue weighted by molar-refractivity contribution is 0.155. The Morgan fingerprint density at radius 2 is 1.86 bits per heavy atom. The van der Waals surface area contributed by atoms with Crippen molar-refractivity contribution < 1.29 is 0 Å². The number of aromatic amines is 1. The number of pyridine rings is 1. The average Bonchev–Trinajstić information content (AvgIpc) is 3.37. The topological polar surface area (TPSA) is 79.7 Å². The molecule has 2 aromatic carbocycles. The third kappa shape index (κ3) is 5.57. The second-order valence-corrected chi connectivity index (χ2v) is 10.3. The maximum absolute atomic E-state index is 13.2. The van der Waals surface area contributed by atoms with Crippen LogP contribution in [0.1, 0.15) is 75.5 Å². The fraction of sp³-hybridized carbons (Fsp3) is 0.448. The van der Waals surface area contributed by atoms with Crippen LogP contribution >= 0.6 is 0 Å². The molecule has 2 aromatic heterocycles. The van der Waals surface area contributed by atoms with Crippen molar-refractivity contribution in [2.45, 2.75) is 78.4 Å². The highest BCUT2D eigenvalue weighted by Gasteiger charge is 2.31. The molecule has 4 rings (SSSR count). The first-order chi connectivity index (χ1) is 17.3. The predicted octanol–water partition coefficient (Wildman–Crippen LogP) is 5.55. The van der Waals surface area contributed by atoms with E-state index < -0.39 is 0 Å². The van der Waals surface area contributed by atoms with Crippen molar-refractivity contribution in [2.75, 3.05) is 6.54 Å². The Kier molecular flexibility index (Phi) is 7.99. The Morgan fingerprint density at radius 3 is 2.58 bits per heavy atom. The van der Waals surface area contributed by atoms with Gasteiger partial charge in [0.15, 0.2) is 5.82 Å². The van der Waals surface area contributed by atoms with Crippen LogP contribution in [0.2, 0.25) is 0 Å². The smallest absolute Gasteiger partial charge is 0.252 e. The van der Waals surface area contributed by atoms with Crippen molar-refractivity contribution >= 4 is 10.9 Å². The first kappa shape index (κ1) is 25.8. The van der Waals surface area contributed by atoms with Crippen LogP contribution in [-0.2, 0) is 18.5 Å². The van der Waals surface area contributed by atoms with Gasteiger partial charge in [-0.1, -0.05) is 68.8 Å². The van der Waals surface area contributed by atoms with E-state index in [4.69, 9.17) is 0 Å². The zero-order valence-electron chi connectivity index (χ0n) is 22.2. The fourth-order valence-electron chi connectivity index (χ4n) is 4.76. The van der Waals surface area contributed by atoms with Gasteiger partial charge in [-0.2, -0.15) is 0 Å². The van der Waals surface area contributed by atoms with Crippen LogP contribution in [-0.4, -0.2) is 36.6 Å². The Hall–Kier alpha value is -3.32. The lowest BCUT2D eigenvalue weighted by Crippen LogP contribution is -2.37. The van der Waals surface area contributed by atoms with Gasteiger partial charge in [0.05, 0.1) is 17.1 Å². The molecule has 0 fully saturated rings. The monoisotopic (exact) mass is 486 g/mol. The number of aryl methyl sites for hydroxylation is 1. The summed E-state index contributed by atoms with van der Waals surface area (Å²) in [5.41, 5.74) is 3.77. The van der Waals surface area contributed by atoms with Crippen LogP contribution < -0.4 is 5.56 Å². The Balaban J connectivity index is 1.75. The third-order valence-corrected chi connectivity index (χ3v) is 7.30. The van der Waals surface area contributed by atoms with E-state index in [1.165, 1.54) is 5.56 Å². The number of aromatic nitrogens is 5. The van der Waals surface area contributed by atoms with Crippen LogP contribution in [0.4, 0.5) is 0 Å². The largest absolute Gasteiger partial charge is 0.321 e. The molecule has 4 aromatic rings. The highest BCUT2D eigenvalue weighted by Crippen LogP contribution is 2.30. The van der Waals surface area contributed by atoms with Crippen LogP contribution in [0, 0.1) is 6.92 Å². The van der Waals surface area contributed by atoms with Gasteiger partial charge >= 0.3 is 0 Å². The number of hydrogen-bond acceptors (Lipinski definition) is 5. The predicted molar refractivity (Wildman–Crippen MR) is 145 cm³/mol.